The molecule has 0 unspecified atom stereocenters. The molecule has 0 aliphatic rings. The van der Waals surface area contributed by atoms with Crippen LogP contribution in [-0.2, 0) is 6.54 Å². The molecule has 0 aliphatic carbocycles. The first-order valence-electron chi connectivity index (χ1n) is 6.14. The number of nitrogens with zero attached hydrogens (tertiary/aromatic N) is 1. The topological polar surface area (TPSA) is 79.5 Å². The molecule has 1 aromatic carbocycles. The van der Waals surface area contributed by atoms with E-state index in [0.717, 1.165) is 6.54 Å². The van der Waals surface area contributed by atoms with E-state index in [0.29, 0.717) is 0 Å². The maximum Gasteiger partial charge on any atom is 0.335 e. The predicted molar refractivity (Wildman–Crippen MR) is 75.2 cm³/mol. The third kappa shape index (κ3) is 3.98. The lowest BCUT2D eigenvalue weighted by atomic mass is 10.0. The maximum absolute atomic E-state index is 10.6. The minimum absolute atomic E-state index is 0.0277. The van der Waals surface area contributed by atoms with E-state index in [4.69, 9.17) is 10.2 Å². The second kappa shape index (κ2) is 7.13. The van der Waals surface area contributed by atoms with Crippen LogP contribution >= 0.6 is 0 Å². The third-order valence-electron chi connectivity index (χ3n) is 2.83. The van der Waals surface area contributed by atoms with Gasteiger partial charge in [-0.1, -0.05) is 6.07 Å². The van der Waals surface area contributed by atoms with Crippen molar-refractivity contribution in [2.75, 3.05) is 0 Å². The van der Waals surface area contributed by atoms with E-state index in [9.17, 15) is 9.59 Å². The monoisotopic (exact) mass is 275 g/mol. The van der Waals surface area contributed by atoms with Gasteiger partial charge in [-0.15, -0.1) is 0 Å². The first-order chi connectivity index (χ1) is 9.47. The highest BCUT2D eigenvalue weighted by atomic mass is 16.4. The van der Waals surface area contributed by atoms with Gasteiger partial charge in [-0.3, -0.25) is 0 Å². The Bertz CT molecular complexity index is 556. The summed E-state index contributed by atoms with van der Waals surface area (Å²) in [5, 5.41) is 17.4. The minimum Gasteiger partial charge on any atom is -0.478 e. The number of carboxylic acid groups (broad SMARTS) is 2. The van der Waals surface area contributed by atoms with Gasteiger partial charge in [0.05, 0.1) is 11.1 Å². The average molecular weight is 275 g/mol. The van der Waals surface area contributed by atoms with Gasteiger partial charge in [0, 0.05) is 18.9 Å². The van der Waals surface area contributed by atoms with Gasteiger partial charge < -0.3 is 14.8 Å². The molecule has 0 aliphatic heterocycles. The van der Waals surface area contributed by atoms with Crippen LogP contribution in [0.4, 0.5) is 0 Å². The van der Waals surface area contributed by atoms with E-state index in [1.807, 2.05) is 12.1 Å². The van der Waals surface area contributed by atoms with Gasteiger partial charge in [-0.2, -0.15) is 0 Å². The largest absolute Gasteiger partial charge is 0.478 e. The van der Waals surface area contributed by atoms with Crippen LogP contribution in [0.3, 0.4) is 0 Å². The summed E-state index contributed by atoms with van der Waals surface area (Å²) in [6, 6.07) is 8.24. The van der Waals surface area contributed by atoms with Crippen molar-refractivity contribution in [2.45, 2.75) is 20.4 Å². The van der Waals surface area contributed by atoms with Crippen molar-refractivity contribution in [3.63, 3.8) is 0 Å². The molecule has 5 heteroatoms. The Balaban J connectivity index is 0.000000240. The smallest absolute Gasteiger partial charge is 0.335 e. The number of aromatic nitrogens is 1. The van der Waals surface area contributed by atoms with E-state index in [-0.39, 0.29) is 16.7 Å². The number of carboxylic acids is 2. The number of hydrogen-bond acceptors (Lipinski definition) is 2. The number of aryl methyl sites for hydroxylation is 1. The van der Waals surface area contributed by atoms with Crippen molar-refractivity contribution in [1.29, 1.82) is 0 Å². The summed E-state index contributed by atoms with van der Waals surface area (Å²) >= 11 is 0. The lowest BCUT2D eigenvalue weighted by Crippen LogP contribution is -2.06. The predicted octanol–water partition coefficient (Wildman–Crippen LogP) is 2.90. The Hall–Kier alpha value is -2.56. The molecule has 2 rings (SSSR count). The zero-order valence-electron chi connectivity index (χ0n) is 11.4. The third-order valence-corrected chi connectivity index (χ3v) is 2.83. The fourth-order valence-corrected chi connectivity index (χ4v) is 1.68. The number of hydrogen-bond donors (Lipinski definition) is 2. The second-order valence-corrected chi connectivity index (χ2v) is 4.10. The molecular weight excluding hydrogens is 258 g/mol. The summed E-state index contributed by atoms with van der Waals surface area (Å²) in [6.07, 6.45) is 4.11. The molecule has 1 aromatic heterocycles. The van der Waals surface area contributed by atoms with Crippen molar-refractivity contribution >= 4 is 11.9 Å². The Morgan fingerprint density at radius 1 is 1.00 bits per heavy atom. The van der Waals surface area contributed by atoms with E-state index in [1.54, 1.807) is 0 Å². The van der Waals surface area contributed by atoms with Crippen molar-refractivity contribution in [3.8, 4) is 0 Å². The molecule has 2 N–H and O–H groups in total. The van der Waals surface area contributed by atoms with Crippen LogP contribution in [0.1, 0.15) is 33.2 Å². The number of carbonyl (C=O) groups is 2. The van der Waals surface area contributed by atoms with Gasteiger partial charge in [0.1, 0.15) is 0 Å². The average Bonchev–Trinajstić information content (AvgIpc) is 2.92. The number of benzene rings is 1. The maximum atomic E-state index is 10.6. The molecular formula is C15H17NO4. The zero-order valence-corrected chi connectivity index (χ0v) is 11.4. The lowest BCUT2D eigenvalue weighted by molar-refractivity contribution is 0.0696. The molecule has 0 saturated heterocycles. The molecule has 0 bridgehead atoms. The van der Waals surface area contributed by atoms with Gasteiger partial charge in [0.15, 0.2) is 0 Å². The quantitative estimate of drug-likeness (QED) is 0.902. The highest BCUT2D eigenvalue weighted by molar-refractivity contribution is 5.96. The Kier molecular flexibility index (Phi) is 5.53. The van der Waals surface area contributed by atoms with E-state index >= 15 is 0 Å². The van der Waals surface area contributed by atoms with Gasteiger partial charge in [-0.25, -0.2) is 9.59 Å². The first-order valence-corrected chi connectivity index (χ1v) is 6.14. The van der Waals surface area contributed by atoms with Crippen LogP contribution in [0, 0.1) is 6.92 Å². The van der Waals surface area contributed by atoms with Crippen molar-refractivity contribution in [1.82, 2.24) is 4.57 Å². The second-order valence-electron chi connectivity index (χ2n) is 4.10. The summed E-state index contributed by atoms with van der Waals surface area (Å²) in [5.74, 6) is -2.22. The summed E-state index contributed by atoms with van der Waals surface area (Å²) in [5.41, 5.74) is 0.335. The summed E-state index contributed by atoms with van der Waals surface area (Å²) < 4.78 is 2.12. The lowest BCUT2D eigenvalue weighted by Gasteiger charge is -2.03. The fourth-order valence-electron chi connectivity index (χ4n) is 1.68. The number of rotatable bonds is 3. The molecule has 5 nitrogen and oxygen atoms in total. The molecule has 20 heavy (non-hydrogen) atoms. The van der Waals surface area contributed by atoms with Crippen molar-refractivity contribution in [2.24, 2.45) is 0 Å². The molecule has 1 heterocycles. The van der Waals surface area contributed by atoms with Crippen LogP contribution in [0.25, 0.3) is 0 Å². The first kappa shape index (κ1) is 15.5. The molecule has 0 spiro atoms. The van der Waals surface area contributed by atoms with E-state index < -0.39 is 11.9 Å². The van der Waals surface area contributed by atoms with Crippen LogP contribution in [0.2, 0.25) is 0 Å². The van der Waals surface area contributed by atoms with Gasteiger partial charge >= 0.3 is 11.9 Å². The molecule has 2 aromatic rings. The van der Waals surface area contributed by atoms with Crippen LogP contribution in [-0.4, -0.2) is 26.7 Å². The van der Waals surface area contributed by atoms with Crippen molar-refractivity contribution in [3.05, 3.63) is 59.4 Å². The Morgan fingerprint density at radius 3 is 1.75 bits per heavy atom. The highest BCUT2D eigenvalue weighted by Gasteiger charge is 2.13. The van der Waals surface area contributed by atoms with E-state index in [1.165, 1.54) is 25.1 Å². The summed E-state index contributed by atoms with van der Waals surface area (Å²) in [4.78, 5) is 21.2. The highest BCUT2D eigenvalue weighted by Crippen LogP contribution is 2.13. The molecule has 106 valence electrons. The van der Waals surface area contributed by atoms with Gasteiger partial charge in [-0.05, 0) is 43.7 Å². The van der Waals surface area contributed by atoms with Crippen molar-refractivity contribution < 1.29 is 19.8 Å². The molecule has 0 atom stereocenters. The summed E-state index contributed by atoms with van der Waals surface area (Å²) in [6.45, 7) is 4.68. The molecule has 0 saturated carbocycles. The number of aromatic carboxylic acids is 2. The normalized spacial score (nSPS) is 9.50. The SMILES string of the molecule is CCn1cccc1.Cc1c(C(=O)O)cccc1C(=O)O. The zero-order chi connectivity index (χ0) is 15.1. The summed E-state index contributed by atoms with van der Waals surface area (Å²) in [7, 11) is 0. The fraction of sp³-hybridized carbons (Fsp3) is 0.200. The van der Waals surface area contributed by atoms with E-state index in [2.05, 4.69) is 23.9 Å². The van der Waals surface area contributed by atoms with Crippen LogP contribution in [0.5, 0.6) is 0 Å². The standard InChI is InChI=1S/C9H8O4.C6H9N/c1-5-6(8(10)11)3-2-4-7(5)9(12)13;1-2-7-5-3-4-6-7/h2-4H,1H3,(H,10,11)(H,12,13);3-6H,2H2,1H3. The minimum atomic E-state index is -1.11. The van der Waals surface area contributed by atoms with Crippen LogP contribution < -0.4 is 0 Å². The Labute approximate surface area is 117 Å². The Morgan fingerprint density at radius 2 is 1.45 bits per heavy atom. The molecule has 0 radical (unpaired) electrons. The molecule has 0 fully saturated rings. The van der Waals surface area contributed by atoms with Gasteiger partial charge in [0.25, 0.3) is 0 Å². The van der Waals surface area contributed by atoms with Gasteiger partial charge in [0.2, 0.25) is 0 Å². The van der Waals surface area contributed by atoms with Crippen LogP contribution in [0.15, 0.2) is 42.7 Å². The molecule has 0 amide bonds.